The van der Waals surface area contributed by atoms with Crippen molar-refractivity contribution < 1.29 is 19.4 Å². The number of hydrogen-bond donors (Lipinski definition) is 1. The number of fused-ring (bicyclic) bond motifs is 1. The van der Waals surface area contributed by atoms with Gasteiger partial charge in [0, 0.05) is 0 Å². The van der Waals surface area contributed by atoms with Crippen molar-refractivity contribution in [3.05, 3.63) is 23.8 Å². The SMILES string of the molecule is CCOc1ccc2c(c1)C[C@H](C(=O)O)CO2. The van der Waals surface area contributed by atoms with Crippen LogP contribution in [0.2, 0.25) is 0 Å². The average Bonchev–Trinajstić information content (AvgIpc) is 2.28. The molecule has 0 radical (unpaired) electrons. The van der Waals surface area contributed by atoms with E-state index in [2.05, 4.69) is 0 Å². The summed E-state index contributed by atoms with van der Waals surface area (Å²) >= 11 is 0. The van der Waals surface area contributed by atoms with Crippen molar-refractivity contribution in [2.45, 2.75) is 13.3 Å². The quantitative estimate of drug-likeness (QED) is 0.846. The zero-order valence-corrected chi connectivity index (χ0v) is 9.10. The second-order valence-corrected chi connectivity index (χ2v) is 3.75. The molecule has 1 aromatic rings. The summed E-state index contributed by atoms with van der Waals surface area (Å²) in [6.07, 6.45) is 0.506. The normalized spacial score (nSPS) is 18.4. The predicted molar refractivity (Wildman–Crippen MR) is 57.9 cm³/mol. The van der Waals surface area contributed by atoms with Gasteiger partial charge in [-0.15, -0.1) is 0 Å². The fourth-order valence-corrected chi connectivity index (χ4v) is 1.79. The van der Waals surface area contributed by atoms with Crippen LogP contribution >= 0.6 is 0 Å². The number of carbonyl (C=O) groups is 1. The van der Waals surface area contributed by atoms with Crippen LogP contribution in [-0.2, 0) is 11.2 Å². The van der Waals surface area contributed by atoms with Crippen molar-refractivity contribution in [2.24, 2.45) is 5.92 Å². The molecule has 0 aliphatic carbocycles. The van der Waals surface area contributed by atoms with E-state index < -0.39 is 11.9 Å². The maximum Gasteiger partial charge on any atom is 0.310 e. The first-order chi connectivity index (χ1) is 7.70. The van der Waals surface area contributed by atoms with Gasteiger partial charge >= 0.3 is 5.97 Å². The third kappa shape index (κ3) is 2.10. The van der Waals surface area contributed by atoms with Gasteiger partial charge in [0.15, 0.2) is 0 Å². The Kier molecular flexibility index (Phi) is 2.99. The Morgan fingerprint density at radius 3 is 3.12 bits per heavy atom. The van der Waals surface area contributed by atoms with Crippen LogP contribution in [0, 0.1) is 5.92 Å². The van der Waals surface area contributed by atoms with E-state index in [-0.39, 0.29) is 6.61 Å². The molecule has 1 heterocycles. The second-order valence-electron chi connectivity index (χ2n) is 3.75. The molecule has 86 valence electrons. The van der Waals surface area contributed by atoms with E-state index in [1.54, 1.807) is 0 Å². The molecule has 0 unspecified atom stereocenters. The van der Waals surface area contributed by atoms with Crippen molar-refractivity contribution in [3.63, 3.8) is 0 Å². The molecule has 0 amide bonds. The van der Waals surface area contributed by atoms with Crippen molar-refractivity contribution >= 4 is 5.97 Å². The monoisotopic (exact) mass is 222 g/mol. The van der Waals surface area contributed by atoms with Gasteiger partial charge in [0.05, 0.1) is 12.5 Å². The third-order valence-corrected chi connectivity index (χ3v) is 2.60. The molecule has 1 aliphatic rings. The van der Waals surface area contributed by atoms with E-state index in [1.807, 2.05) is 25.1 Å². The average molecular weight is 222 g/mol. The van der Waals surface area contributed by atoms with Crippen LogP contribution in [0.15, 0.2) is 18.2 Å². The number of hydrogen-bond acceptors (Lipinski definition) is 3. The third-order valence-electron chi connectivity index (χ3n) is 2.60. The van der Waals surface area contributed by atoms with E-state index in [1.165, 1.54) is 0 Å². The molecule has 0 fully saturated rings. The summed E-state index contributed by atoms with van der Waals surface area (Å²) in [7, 11) is 0. The number of ether oxygens (including phenoxy) is 2. The Labute approximate surface area is 93.8 Å². The summed E-state index contributed by atoms with van der Waals surface area (Å²) in [6.45, 7) is 2.76. The molecule has 0 spiro atoms. The summed E-state index contributed by atoms with van der Waals surface area (Å²) in [5.41, 5.74) is 0.907. The van der Waals surface area contributed by atoms with Crippen LogP contribution in [0.3, 0.4) is 0 Å². The number of benzene rings is 1. The van der Waals surface area contributed by atoms with E-state index >= 15 is 0 Å². The van der Waals surface area contributed by atoms with Crippen molar-refractivity contribution in [1.29, 1.82) is 0 Å². The van der Waals surface area contributed by atoms with E-state index in [0.717, 1.165) is 17.1 Å². The maximum atomic E-state index is 10.9. The molecule has 0 saturated heterocycles. The maximum absolute atomic E-state index is 10.9. The molecule has 1 aliphatic heterocycles. The number of aliphatic carboxylic acids is 1. The minimum absolute atomic E-state index is 0.246. The molecule has 16 heavy (non-hydrogen) atoms. The second kappa shape index (κ2) is 4.43. The molecule has 0 saturated carbocycles. The minimum Gasteiger partial charge on any atom is -0.494 e. The van der Waals surface area contributed by atoms with Gasteiger partial charge in [-0.3, -0.25) is 4.79 Å². The Hall–Kier alpha value is -1.71. The molecular formula is C12H14O4. The van der Waals surface area contributed by atoms with Gasteiger partial charge in [-0.2, -0.15) is 0 Å². The molecule has 2 rings (SSSR count). The van der Waals surface area contributed by atoms with Crippen LogP contribution in [0.5, 0.6) is 11.5 Å². The van der Waals surface area contributed by atoms with Crippen LogP contribution in [-0.4, -0.2) is 24.3 Å². The van der Waals surface area contributed by atoms with Gasteiger partial charge < -0.3 is 14.6 Å². The van der Waals surface area contributed by atoms with Crippen LogP contribution in [0.1, 0.15) is 12.5 Å². The van der Waals surface area contributed by atoms with E-state index in [4.69, 9.17) is 14.6 Å². The highest BCUT2D eigenvalue weighted by Gasteiger charge is 2.25. The summed E-state index contributed by atoms with van der Waals surface area (Å²) in [6, 6.07) is 5.52. The highest BCUT2D eigenvalue weighted by Crippen LogP contribution is 2.30. The summed E-state index contributed by atoms with van der Waals surface area (Å²) in [4.78, 5) is 10.9. The van der Waals surface area contributed by atoms with Gasteiger partial charge in [-0.25, -0.2) is 0 Å². The van der Waals surface area contributed by atoms with Crippen molar-refractivity contribution in [1.82, 2.24) is 0 Å². The van der Waals surface area contributed by atoms with Crippen LogP contribution in [0.25, 0.3) is 0 Å². The Morgan fingerprint density at radius 2 is 2.44 bits per heavy atom. The molecular weight excluding hydrogens is 208 g/mol. The lowest BCUT2D eigenvalue weighted by Gasteiger charge is -2.22. The van der Waals surface area contributed by atoms with Gasteiger partial charge in [-0.05, 0) is 37.1 Å². The Bertz CT molecular complexity index is 400. The van der Waals surface area contributed by atoms with Gasteiger partial charge in [0.1, 0.15) is 18.1 Å². The number of rotatable bonds is 3. The van der Waals surface area contributed by atoms with Crippen LogP contribution < -0.4 is 9.47 Å². The summed E-state index contributed by atoms with van der Waals surface area (Å²) < 4.78 is 10.8. The molecule has 1 aromatic carbocycles. The molecule has 0 aromatic heterocycles. The first-order valence-corrected chi connectivity index (χ1v) is 5.32. The highest BCUT2D eigenvalue weighted by molar-refractivity contribution is 5.71. The predicted octanol–water partition coefficient (Wildman–Crippen LogP) is 1.72. The first kappa shape index (κ1) is 10.8. The van der Waals surface area contributed by atoms with Gasteiger partial charge in [0.2, 0.25) is 0 Å². The summed E-state index contributed by atoms with van der Waals surface area (Å²) in [5.74, 6) is 0.258. The fraction of sp³-hybridized carbons (Fsp3) is 0.417. The number of carboxylic acid groups (broad SMARTS) is 1. The lowest BCUT2D eigenvalue weighted by atomic mass is 9.97. The largest absolute Gasteiger partial charge is 0.494 e. The Balaban J connectivity index is 2.21. The van der Waals surface area contributed by atoms with E-state index in [9.17, 15) is 4.79 Å². The minimum atomic E-state index is -0.813. The van der Waals surface area contributed by atoms with Crippen molar-refractivity contribution in [2.75, 3.05) is 13.2 Å². The highest BCUT2D eigenvalue weighted by atomic mass is 16.5. The molecule has 4 nitrogen and oxygen atoms in total. The molecule has 1 atom stereocenters. The smallest absolute Gasteiger partial charge is 0.310 e. The standard InChI is InChI=1S/C12H14O4/c1-2-15-10-3-4-11-8(6-10)5-9(7-16-11)12(13)14/h3-4,6,9H,2,5,7H2,1H3,(H,13,14)/t9-/m0/s1. The lowest BCUT2D eigenvalue weighted by molar-refractivity contribution is -0.143. The van der Waals surface area contributed by atoms with Crippen LogP contribution in [0.4, 0.5) is 0 Å². The first-order valence-electron chi connectivity index (χ1n) is 5.32. The fourth-order valence-electron chi connectivity index (χ4n) is 1.79. The summed E-state index contributed by atoms with van der Waals surface area (Å²) in [5, 5.41) is 8.93. The van der Waals surface area contributed by atoms with Crippen molar-refractivity contribution in [3.8, 4) is 11.5 Å². The topological polar surface area (TPSA) is 55.8 Å². The van der Waals surface area contributed by atoms with Gasteiger partial charge in [0.25, 0.3) is 0 Å². The zero-order valence-electron chi connectivity index (χ0n) is 9.10. The number of carboxylic acids is 1. The molecule has 0 bridgehead atoms. The van der Waals surface area contributed by atoms with E-state index in [0.29, 0.717) is 13.0 Å². The van der Waals surface area contributed by atoms with Gasteiger partial charge in [-0.1, -0.05) is 0 Å². The zero-order chi connectivity index (χ0) is 11.5. The lowest BCUT2D eigenvalue weighted by Crippen LogP contribution is -2.27. The molecule has 4 heteroatoms. The molecule has 1 N–H and O–H groups in total. The Morgan fingerprint density at radius 1 is 1.62 bits per heavy atom.